The second kappa shape index (κ2) is 6.23. The van der Waals surface area contributed by atoms with Crippen molar-refractivity contribution in [2.75, 3.05) is 11.9 Å². The summed E-state index contributed by atoms with van der Waals surface area (Å²) in [6.07, 6.45) is 0. The lowest BCUT2D eigenvalue weighted by molar-refractivity contribution is 0.340. The fraction of sp³-hybridized carbons (Fsp3) is 0.200. The molecular weight excluding hydrogens is 264 g/mol. The molecular formula is C15H15F2NO2. The highest BCUT2D eigenvalue weighted by molar-refractivity contribution is 5.56. The molecule has 2 rings (SSSR count). The first-order chi connectivity index (χ1) is 9.58. The van der Waals surface area contributed by atoms with Gasteiger partial charge in [0.25, 0.3) is 0 Å². The number of hydrogen-bond acceptors (Lipinski definition) is 3. The Balaban J connectivity index is 2.13. The van der Waals surface area contributed by atoms with Crippen molar-refractivity contribution < 1.29 is 18.6 Å². The molecule has 2 aromatic rings. The molecule has 0 saturated carbocycles. The zero-order chi connectivity index (χ0) is 14.5. The van der Waals surface area contributed by atoms with Gasteiger partial charge in [-0.15, -0.1) is 0 Å². The van der Waals surface area contributed by atoms with E-state index in [1.165, 1.54) is 24.3 Å². The third-order valence-electron chi connectivity index (χ3n) is 2.67. The van der Waals surface area contributed by atoms with E-state index in [-0.39, 0.29) is 18.1 Å². The van der Waals surface area contributed by atoms with Crippen LogP contribution in [0.25, 0.3) is 0 Å². The van der Waals surface area contributed by atoms with Gasteiger partial charge in [-0.1, -0.05) is 0 Å². The molecule has 2 aromatic carbocycles. The van der Waals surface area contributed by atoms with E-state index in [0.29, 0.717) is 23.6 Å². The molecule has 0 aliphatic heterocycles. The van der Waals surface area contributed by atoms with Crippen molar-refractivity contribution in [1.82, 2.24) is 0 Å². The van der Waals surface area contributed by atoms with Crippen LogP contribution in [-0.2, 0) is 6.54 Å². The molecule has 0 aliphatic carbocycles. The minimum atomic E-state index is -0.508. The minimum Gasteiger partial charge on any atom is -0.508 e. The summed E-state index contributed by atoms with van der Waals surface area (Å²) in [5.41, 5.74) is 1.19. The van der Waals surface area contributed by atoms with Gasteiger partial charge in [0.05, 0.1) is 12.3 Å². The number of ether oxygens (including phenoxy) is 1. The third kappa shape index (κ3) is 3.60. The van der Waals surface area contributed by atoms with Crippen LogP contribution in [-0.4, -0.2) is 11.7 Å². The molecule has 0 amide bonds. The highest BCUT2D eigenvalue weighted by Gasteiger charge is 2.06. The van der Waals surface area contributed by atoms with Crippen molar-refractivity contribution in [3.8, 4) is 11.5 Å². The van der Waals surface area contributed by atoms with E-state index < -0.39 is 5.82 Å². The molecule has 0 spiro atoms. The summed E-state index contributed by atoms with van der Waals surface area (Å²) in [6, 6.07) is 7.96. The smallest absolute Gasteiger partial charge is 0.145 e. The van der Waals surface area contributed by atoms with E-state index in [2.05, 4.69) is 5.32 Å². The first-order valence-corrected chi connectivity index (χ1v) is 6.23. The minimum absolute atomic E-state index is 0.133. The Kier molecular flexibility index (Phi) is 4.40. The van der Waals surface area contributed by atoms with Crippen LogP contribution in [0.2, 0.25) is 0 Å². The number of halogens is 2. The molecule has 0 heterocycles. The van der Waals surface area contributed by atoms with Crippen molar-refractivity contribution in [3.63, 3.8) is 0 Å². The number of aromatic hydroxyl groups is 1. The molecule has 0 bridgehead atoms. The summed E-state index contributed by atoms with van der Waals surface area (Å²) in [5.74, 6) is -0.632. The maximum atomic E-state index is 13.1. The Hall–Kier alpha value is -2.30. The van der Waals surface area contributed by atoms with Crippen LogP contribution >= 0.6 is 0 Å². The van der Waals surface area contributed by atoms with E-state index in [9.17, 15) is 13.9 Å². The molecule has 5 heteroatoms. The van der Waals surface area contributed by atoms with Gasteiger partial charge in [-0.2, -0.15) is 0 Å². The number of phenols is 1. The molecule has 0 atom stereocenters. The predicted octanol–water partition coefficient (Wildman–Crippen LogP) is 3.68. The van der Waals surface area contributed by atoms with Crippen LogP contribution in [0.4, 0.5) is 14.5 Å². The molecule has 0 saturated heterocycles. The number of nitrogens with one attached hydrogen (secondary N) is 1. The molecule has 0 unspecified atom stereocenters. The van der Waals surface area contributed by atoms with Gasteiger partial charge in [0, 0.05) is 18.7 Å². The van der Waals surface area contributed by atoms with Crippen LogP contribution in [0.1, 0.15) is 12.5 Å². The Morgan fingerprint density at radius 2 is 1.90 bits per heavy atom. The summed E-state index contributed by atoms with van der Waals surface area (Å²) in [4.78, 5) is 0. The first kappa shape index (κ1) is 14.1. The molecule has 0 fully saturated rings. The monoisotopic (exact) mass is 279 g/mol. The highest BCUT2D eigenvalue weighted by Crippen LogP contribution is 2.26. The van der Waals surface area contributed by atoms with Crippen LogP contribution in [0, 0.1) is 11.6 Å². The van der Waals surface area contributed by atoms with Crippen molar-refractivity contribution in [2.24, 2.45) is 0 Å². The van der Waals surface area contributed by atoms with Crippen molar-refractivity contribution in [3.05, 3.63) is 53.6 Å². The number of anilines is 1. The van der Waals surface area contributed by atoms with E-state index in [1.54, 1.807) is 13.0 Å². The van der Waals surface area contributed by atoms with Crippen LogP contribution in [0.3, 0.4) is 0 Å². The van der Waals surface area contributed by atoms with E-state index in [4.69, 9.17) is 4.74 Å². The standard InChI is InChI=1S/C15H15F2NO2/c1-2-20-15-8-11(16)3-4-14(15)18-9-10-5-12(17)7-13(19)6-10/h3-8,18-19H,2,9H2,1H3. The number of benzene rings is 2. The highest BCUT2D eigenvalue weighted by atomic mass is 19.1. The molecule has 20 heavy (non-hydrogen) atoms. The zero-order valence-electron chi connectivity index (χ0n) is 11.0. The number of phenolic OH excluding ortho intramolecular Hbond substituents is 1. The van der Waals surface area contributed by atoms with Crippen molar-refractivity contribution in [2.45, 2.75) is 13.5 Å². The summed E-state index contributed by atoms with van der Waals surface area (Å²) >= 11 is 0. The Morgan fingerprint density at radius 1 is 1.10 bits per heavy atom. The van der Waals surface area contributed by atoms with Gasteiger partial charge in [-0.25, -0.2) is 8.78 Å². The lowest BCUT2D eigenvalue weighted by Crippen LogP contribution is -2.03. The fourth-order valence-electron chi connectivity index (χ4n) is 1.85. The molecule has 0 radical (unpaired) electrons. The summed E-state index contributed by atoms with van der Waals surface area (Å²) in [6.45, 7) is 2.51. The van der Waals surface area contributed by atoms with Crippen LogP contribution < -0.4 is 10.1 Å². The quantitative estimate of drug-likeness (QED) is 0.877. The lowest BCUT2D eigenvalue weighted by atomic mass is 10.2. The van der Waals surface area contributed by atoms with Crippen molar-refractivity contribution >= 4 is 5.69 Å². The first-order valence-electron chi connectivity index (χ1n) is 6.23. The SMILES string of the molecule is CCOc1cc(F)ccc1NCc1cc(O)cc(F)c1. The van der Waals surface area contributed by atoms with Gasteiger partial charge in [-0.05, 0) is 36.8 Å². The summed E-state index contributed by atoms with van der Waals surface area (Å²) in [7, 11) is 0. The maximum absolute atomic E-state index is 13.1. The molecule has 0 aliphatic rings. The maximum Gasteiger partial charge on any atom is 0.145 e. The third-order valence-corrected chi connectivity index (χ3v) is 2.67. The normalized spacial score (nSPS) is 10.3. The summed E-state index contributed by atoms with van der Waals surface area (Å²) in [5, 5.41) is 12.4. The van der Waals surface area contributed by atoms with Gasteiger partial charge in [-0.3, -0.25) is 0 Å². The van der Waals surface area contributed by atoms with Gasteiger partial charge < -0.3 is 15.2 Å². The average Bonchev–Trinajstić information content (AvgIpc) is 2.37. The fourth-order valence-corrected chi connectivity index (χ4v) is 1.85. The molecule has 0 aromatic heterocycles. The Bertz CT molecular complexity index is 582. The average molecular weight is 279 g/mol. The number of hydrogen-bond donors (Lipinski definition) is 2. The van der Waals surface area contributed by atoms with Gasteiger partial charge in [0.1, 0.15) is 23.1 Å². The largest absolute Gasteiger partial charge is 0.508 e. The van der Waals surface area contributed by atoms with Gasteiger partial charge >= 0.3 is 0 Å². The summed E-state index contributed by atoms with van der Waals surface area (Å²) < 4.78 is 31.6. The van der Waals surface area contributed by atoms with Gasteiger partial charge in [0.2, 0.25) is 0 Å². The molecule has 3 nitrogen and oxygen atoms in total. The number of rotatable bonds is 5. The van der Waals surface area contributed by atoms with Crippen LogP contribution in [0.5, 0.6) is 11.5 Å². The second-order valence-corrected chi connectivity index (χ2v) is 4.24. The lowest BCUT2D eigenvalue weighted by Gasteiger charge is -2.12. The van der Waals surface area contributed by atoms with E-state index in [1.807, 2.05) is 0 Å². The van der Waals surface area contributed by atoms with E-state index >= 15 is 0 Å². The van der Waals surface area contributed by atoms with Crippen LogP contribution in [0.15, 0.2) is 36.4 Å². The van der Waals surface area contributed by atoms with Crippen molar-refractivity contribution in [1.29, 1.82) is 0 Å². The topological polar surface area (TPSA) is 41.5 Å². The second-order valence-electron chi connectivity index (χ2n) is 4.24. The molecule has 2 N–H and O–H groups in total. The predicted molar refractivity (Wildman–Crippen MR) is 73.0 cm³/mol. The van der Waals surface area contributed by atoms with Gasteiger partial charge in [0.15, 0.2) is 0 Å². The Labute approximate surface area is 115 Å². The zero-order valence-corrected chi connectivity index (χ0v) is 11.0. The van der Waals surface area contributed by atoms with E-state index in [0.717, 1.165) is 6.07 Å². The molecule has 106 valence electrons. The Morgan fingerprint density at radius 3 is 2.60 bits per heavy atom.